The molecule has 0 heterocycles. The molecule has 0 N–H and O–H groups in total. The van der Waals surface area contributed by atoms with E-state index >= 15 is 0 Å². The van der Waals surface area contributed by atoms with Crippen LogP contribution in [0, 0.1) is 0 Å². The maximum absolute atomic E-state index is 6.34. The summed E-state index contributed by atoms with van der Waals surface area (Å²) in [7, 11) is 0. The molecule has 2 aromatic carbocycles. The fourth-order valence-corrected chi connectivity index (χ4v) is 2.77. The van der Waals surface area contributed by atoms with Gasteiger partial charge in [-0.1, -0.05) is 71.7 Å². The molecule has 0 aromatic heterocycles. The van der Waals surface area contributed by atoms with Gasteiger partial charge in [-0.25, -0.2) is 0 Å². The molecule has 19 heavy (non-hydrogen) atoms. The topological polar surface area (TPSA) is 0 Å². The molecule has 0 spiro atoms. The van der Waals surface area contributed by atoms with Gasteiger partial charge in [0.2, 0.25) is 0 Å². The van der Waals surface area contributed by atoms with Gasteiger partial charge in [-0.05, 0) is 40.8 Å². The largest absolute Gasteiger partial charge is 0.164 e. The van der Waals surface area contributed by atoms with Crippen LogP contribution in [-0.2, 0) is 26.1 Å². The van der Waals surface area contributed by atoms with Gasteiger partial charge in [0.25, 0.3) is 0 Å². The van der Waals surface area contributed by atoms with Gasteiger partial charge < -0.3 is 0 Å². The van der Waals surface area contributed by atoms with E-state index in [1.165, 1.54) is 11.1 Å². The van der Waals surface area contributed by atoms with E-state index in [1.807, 2.05) is 31.2 Å². The van der Waals surface area contributed by atoms with Crippen molar-refractivity contribution in [3.8, 4) is 11.1 Å². The minimum atomic E-state index is -0.870. The average Bonchev–Trinajstić information content (AvgIpc) is 2.61. The summed E-state index contributed by atoms with van der Waals surface area (Å²) in [6.07, 6.45) is 2.06. The first-order valence-electron chi connectivity index (χ1n) is 5.85. The maximum Gasteiger partial charge on any atom is 0.164 e. The van der Waals surface area contributed by atoms with Gasteiger partial charge in [-0.3, -0.25) is 0 Å². The van der Waals surface area contributed by atoms with Crippen molar-refractivity contribution in [3.63, 3.8) is 0 Å². The molecule has 0 saturated heterocycles. The Hall–Kier alpha value is -0.526. The Labute approximate surface area is 138 Å². The second-order valence-corrected chi connectivity index (χ2v) is 5.90. The van der Waals surface area contributed by atoms with E-state index in [2.05, 4.69) is 30.3 Å². The number of hydrogen-bond acceptors (Lipinski definition) is 0. The van der Waals surface area contributed by atoms with Gasteiger partial charge in [0.15, 0.2) is 4.33 Å². The molecular formula is C16H12Cl2Ti. The van der Waals surface area contributed by atoms with Crippen molar-refractivity contribution in [1.29, 1.82) is 0 Å². The second-order valence-electron chi connectivity index (χ2n) is 4.57. The molecule has 0 saturated carbocycles. The molecule has 0 nitrogen and oxygen atoms in total. The Bertz CT molecular complexity index is 630. The summed E-state index contributed by atoms with van der Waals surface area (Å²) in [5.41, 5.74) is 5.45. The Balaban J connectivity index is 0.00000133. The third kappa shape index (κ3) is 2.55. The molecule has 0 amide bonds. The summed E-state index contributed by atoms with van der Waals surface area (Å²) in [6.45, 7) is 1.96. The summed E-state index contributed by atoms with van der Waals surface area (Å²) < 4.78 is -0.870. The molecule has 0 unspecified atom stereocenters. The number of fused-ring (bicyclic) bond motifs is 1. The van der Waals surface area contributed by atoms with Crippen LogP contribution in [0.1, 0.15) is 18.1 Å². The molecule has 3 heteroatoms. The van der Waals surface area contributed by atoms with Gasteiger partial charge in [0, 0.05) is 21.7 Å². The molecule has 2 aromatic rings. The number of hydrogen-bond donors (Lipinski definition) is 0. The number of alkyl halides is 2. The molecule has 94 valence electrons. The van der Waals surface area contributed by atoms with Crippen LogP contribution in [0.5, 0.6) is 0 Å². The Morgan fingerprint density at radius 2 is 1.58 bits per heavy atom. The predicted molar refractivity (Wildman–Crippen MR) is 78.9 cm³/mol. The molecule has 0 fully saturated rings. The Kier molecular flexibility index (Phi) is 4.27. The zero-order valence-electron chi connectivity index (χ0n) is 10.5. The maximum atomic E-state index is 6.34. The molecule has 0 atom stereocenters. The third-order valence-electron chi connectivity index (χ3n) is 3.36. The van der Waals surface area contributed by atoms with Gasteiger partial charge in [-0.15, -0.1) is 0 Å². The normalized spacial score (nSPS) is 15.4. The number of rotatable bonds is 1. The van der Waals surface area contributed by atoms with E-state index < -0.39 is 4.33 Å². The minimum Gasteiger partial charge on any atom is -0.0913 e. The van der Waals surface area contributed by atoms with Gasteiger partial charge in [0.1, 0.15) is 0 Å². The van der Waals surface area contributed by atoms with Crippen LogP contribution in [0.2, 0.25) is 0 Å². The van der Waals surface area contributed by atoms with Gasteiger partial charge in [0.05, 0.1) is 0 Å². The van der Waals surface area contributed by atoms with E-state index in [-0.39, 0.29) is 21.7 Å². The van der Waals surface area contributed by atoms with Crippen LogP contribution in [0.15, 0.2) is 54.1 Å². The van der Waals surface area contributed by atoms with Crippen molar-refractivity contribution in [2.45, 2.75) is 11.3 Å². The average molecular weight is 323 g/mol. The summed E-state index contributed by atoms with van der Waals surface area (Å²) >= 11 is 12.7. The van der Waals surface area contributed by atoms with E-state index in [4.69, 9.17) is 23.2 Å². The number of halogens is 2. The van der Waals surface area contributed by atoms with E-state index in [9.17, 15) is 0 Å². The zero-order chi connectivity index (χ0) is 12.8. The van der Waals surface area contributed by atoms with E-state index in [1.54, 1.807) is 0 Å². The number of allylic oxidation sites excluding steroid dienone is 1. The molecule has 0 bridgehead atoms. The standard InChI is InChI=1S/C16H12Cl2.Ti/c1-11-9-14-10-13(12-5-3-2-4-6-12)7-8-15(14)16(11,17)18;/h2-10H,1H3;. The Morgan fingerprint density at radius 1 is 0.895 bits per heavy atom. The van der Waals surface area contributed by atoms with Crippen LogP contribution in [-0.4, -0.2) is 0 Å². The molecule has 0 radical (unpaired) electrons. The third-order valence-corrected chi connectivity index (χ3v) is 4.37. The second kappa shape index (κ2) is 5.46. The zero-order valence-corrected chi connectivity index (χ0v) is 13.5. The quantitative estimate of drug-likeness (QED) is 0.487. The van der Waals surface area contributed by atoms with Gasteiger partial charge in [-0.2, -0.15) is 0 Å². The molecule has 1 aliphatic rings. The first-order chi connectivity index (χ1) is 8.59. The van der Waals surface area contributed by atoms with Gasteiger partial charge >= 0.3 is 0 Å². The fraction of sp³-hybridized carbons (Fsp3) is 0.125. The molecule has 1 aliphatic carbocycles. The monoisotopic (exact) mass is 322 g/mol. The van der Waals surface area contributed by atoms with Crippen molar-refractivity contribution in [1.82, 2.24) is 0 Å². The molecule has 0 aliphatic heterocycles. The summed E-state index contributed by atoms with van der Waals surface area (Å²) in [6, 6.07) is 16.5. The first kappa shape index (κ1) is 14.9. The van der Waals surface area contributed by atoms with E-state index in [0.29, 0.717) is 0 Å². The SMILES string of the molecule is CC1=Cc2cc(-c3ccccc3)ccc2C1(Cl)Cl.[Ti]. The number of benzene rings is 2. The van der Waals surface area contributed by atoms with Crippen molar-refractivity contribution in [3.05, 3.63) is 65.2 Å². The van der Waals surface area contributed by atoms with Crippen LogP contribution >= 0.6 is 23.2 Å². The minimum absolute atomic E-state index is 0. The van der Waals surface area contributed by atoms with Crippen LogP contribution < -0.4 is 0 Å². The van der Waals surface area contributed by atoms with Crippen molar-refractivity contribution in [2.24, 2.45) is 0 Å². The fourth-order valence-electron chi connectivity index (χ4n) is 2.31. The predicted octanol–water partition coefficient (Wildman–Crippen LogP) is 5.40. The first-order valence-corrected chi connectivity index (χ1v) is 6.61. The van der Waals surface area contributed by atoms with Crippen LogP contribution in [0.25, 0.3) is 17.2 Å². The van der Waals surface area contributed by atoms with Crippen molar-refractivity contribution < 1.29 is 21.7 Å². The van der Waals surface area contributed by atoms with Crippen LogP contribution in [0.3, 0.4) is 0 Å². The Morgan fingerprint density at radius 3 is 2.26 bits per heavy atom. The van der Waals surface area contributed by atoms with Crippen molar-refractivity contribution in [2.75, 3.05) is 0 Å². The smallest absolute Gasteiger partial charge is 0.0913 e. The van der Waals surface area contributed by atoms with Crippen LogP contribution in [0.4, 0.5) is 0 Å². The molecule has 3 rings (SSSR count). The summed E-state index contributed by atoms with van der Waals surface area (Å²) in [5, 5.41) is 0. The summed E-state index contributed by atoms with van der Waals surface area (Å²) in [4.78, 5) is 0. The molecular weight excluding hydrogens is 311 g/mol. The van der Waals surface area contributed by atoms with Crippen molar-refractivity contribution >= 4 is 29.3 Å². The van der Waals surface area contributed by atoms with E-state index in [0.717, 1.165) is 16.7 Å². The summed E-state index contributed by atoms with van der Waals surface area (Å²) in [5.74, 6) is 0.